The Morgan fingerprint density at radius 1 is 1.19 bits per heavy atom. The second kappa shape index (κ2) is 6.69. The molecule has 0 atom stereocenters. The normalized spacial score (nSPS) is 10.5. The molecule has 0 aliphatic rings. The fourth-order valence-electron chi connectivity index (χ4n) is 1.54. The molecule has 0 radical (unpaired) electrons. The quantitative estimate of drug-likeness (QED) is 0.907. The molecule has 21 heavy (non-hydrogen) atoms. The number of nitrogens with zero attached hydrogens (tertiary/aromatic N) is 1. The summed E-state index contributed by atoms with van der Waals surface area (Å²) in [5.41, 5.74) is 0.767. The third-order valence-corrected chi connectivity index (χ3v) is 3.49. The molecule has 0 bridgehead atoms. The van der Waals surface area contributed by atoms with Crippen molar-refractivity contribution >= 4 is 39.9 Å². The van der Waals surface area contributed by atoms with Gasteiger partial charge in [-0.3, -0.25) is 14.9 Å². The van der Waals surface area contributed by atoms with Crippen LogP contribution in [0, 0.1) is 0 Å². The van der Waals surface area contributed by atoms with E-state index in [1.54, 1.807) is 29.6 Å². The molecule has 1 heterocycles. The molecule has 0 aliphatic heterocycles. The van der Waals surface area contributed by atoms with Gasteiger partial charge in [0.25, 0.3) is 11.8 Å². The van der Waals surface area contributed by atoms with Gasteiger partial charge in [0.1, 0.15) is 5.69 Å². The number of rotatable bonds is 4. The first-order valence-electron chi connectivity index (χ1n) is 6.29. The second-order valence-electron chi connectivity index (χ2n) is 4.63. The summed E-state index contributed by atoms with van der Waals surface area (Å²) in [6.45, 7) is 3.74. The second-order valence-corrected chi connectivity index (χ2v) is 5.92. The van der Waals surface area contributed by atoms with Crippen molar-refractivity contribution in [3.05, 3.63) is 45.9 Å². The zero-order valence-corrected chi connectivity index (χ0v) is 13.1. The standard InChI is InChI=1S/C14H14ClN3O2S/c1-8(2)16-13(20)11-7-21-14(17-11)18-12(19)9-3-5-10(15)6-4-9/h3-8H,1-2H3,(H,16,20)(H,17,18,19). The predicted molar refractivity (Wildman–Crippen MR) is 84.1 cm³/mol. The highest BCUT2D eigenvalue weighted by atomic mass is 35.5. The van der Waals surface area contributed by atoms with Crippen LogP contribution in [0.2, 0.25) is 5.02 Å². The molecule has 1 aromatic carbocycles. The van der Waals surface area contributed by atoms with Gasteiger partial charge in [-0.25, -0.2) is 4.98 Å². The Morgan fingerprint density at radius 3 is 2.48 bits per heavy atom. The van der Waals surface area contributed by atoms with E-state index in [1.165, 1.54) is 11.3 Å². The number of hydrogen-bond donors (Lipinski definition) is 2. The number of thiazole rings is 1. The third-order valence-electron chi connectivity index (χ3n) is 2.48. The smallest absolute Gasteiger partial charge is 0.271 e. The number of aromatic nitrogens is 1. The molecule has 0 fully saturated rings. The zero-order chi connectivity index (χ0) is 15.4. The average molecular weight is 324 g/mol. The minimum absolute atomic E-state index is 0.0336. The van der Waals surface area contributed by atoms with E-state index in [9.17, 15) is 9.59 Å². The molecule has 2 rings (SSSR count). The molecule has 2 aromatic rings. The van der Waals surface area contributed by atoms with Crippen molar-refractivity contribution in [3.8, 4) is 0 Å². The summed E-state index contributed by atoms with van der Waals surface area (Å²) in [6.07, 6.45) is 0. The van der Waals surface area contributed by atoms with Crippen molar-refractivity contribution in [2.45, 2.75) is 19.9 Å². The maximum atomic E-state index is 12.0. The first kappa shape index (κ1) is 15.5. The lowest BCUT2D eigenvalue weighted by molar-refractivity contribution is 0.0937. The SMILES string of the molecule is CC(C)NC(=O)c1csc(NC(=O)c2ccc(Cl)cc2)n1. The van der Waals surface area contributed by atoms with Gasteiger partial charge >= 0.3 is 0 Å². The molecule has 110 valence electrons. The zero-order valence-electron chi connectivity index (χ0n) is 11.5. The number of amides is 2. The van der Waals surface area contributed by atoms with Crippen LogP contribution >= 0.6 is 22.9 Å². The van der Waals surface area contributed by atoms with Crippen molar-refractivity contribution < 1.29 is 9.59 Å². The Balaban J connectivity index is 2.03. The van der Waals surface area contributed by atoms with Gasteiger partial charge in [0.05, 0.1) is 0 Å². The van der Waals surface area contributed by atoms with Crippen LogP contribution in [0.1, 0.15) is 34.7 Å². The molecular weight excluding hydrogens is 310 g/mol. The summed E-state index contributed by atoms with van der Waals surface area (Å²) >= 11 is 6.97. The van der Waals surface area contributed by atoms with Crippen LogP contribution in [0.15, 0.2) is 29.6 Å². The van der Waals surface area contributed by atoms with E-state index in [-0.39, 0.29) is 17.9 Å². The number of carbonyl (C=O) groups excluding carboxylic acids is 2. The predicted octanol–water partition coefficient (Wildman–Crippen LogP) is 3.19. The van der Waals surface area contributed by atoms with E-state index < -0.39 is 0 Å². The van der Waals surface area contributed by atoms with E-state index in [1.807, 2.05) is 13.8 Å². The molecule has 0 saturated heterocycles. The summed E-state index contributed by atoms with van der Waals surface area (Å²) < 4.78 is 0. The molecule has 0 saturated carbocycles. The number of halogens is 1. The number of benzene rings is 1. The van der Waals surface area contributed by atoms with Gasteiger partial charge in [0.15, 0.2) is 5.13 Å². The number of hydrogen-bond acceptors (Lipinski definition) is 4. The van der Waals surface area contributed by atoms with Gasteiger partial charge in [0, 0.05) is 22.0 Å². The highest BCUT2D eigenvalue weighted by Gasteiger charge is 2.13. The van der Waals surface area contributed by atoms with Crippen molar-refractivity contribution in [3.63, 3.8) is 0 Å². The van der Waals surface area contributed by atoms with Gasteiger partial charge < -0.3 is 5.32 Å². The van der Waals surface area contributed by atoms with E-state index in [0.717, 1.165) is 0 Å². The maximum absolute atomic E-state index is 12.0. The lowest BCUT2D eigenvalue weighted by Crippen LogP contribution is -2.30. The molecule has 0 aliphatic carbocycles. The van der Waals surface area contributed by atoms with Gasteiger partial charge in [-0.1, -0.05) is 11.6 Å². The highest BCUT2D eigenvalue weighted by molar-refractivity contribution is 7.14. The lowest BCUT2D eigenvalue weighted by Gasteiger charge is -2.05. The Hall–Kier alpha value is -1.92. The van der Waals surface area contributed by atoms with Crippen LogP contribution in [-0.4, -0.2) is 22.8 Å². The summed E-state index contributed by atoms with van der Waals surface area (Å²) in [6, 6.07) is 6.56. The molecule has 0 unspecified atom stereocenters. The van der Waals surface area contributed by atoms with E-state index in [2.05, 4.69) is 15.6 Å². The summed E-state index contributed by atoms with van der Waals surface area (Å²) in [5, 5.41) is 7.94. The van der Waals surface area contributed by atoms with Gasteiger partial charge in [-0.2, -0.15) is 0 Å². The fourth-order valence-corrected chi connectivity index (χ4v) is 2.35. The van der Waals surface area contributed by atoms with E-state index in [0.29, 0.717) is 21.4 Å². The number of carbonyl (C=O) groups is 2. The Kier molecular flexibility index (Phi) is 4.93. The van der Waals surface area contributed by atoms with Gasteiger partial charge in [-0.05, 0) is 38.1 Å². The molecular formula is C14H14ClN3O2S. The largest absolute Gasteiger partial charge is 0.349 e. The van der Waals surface area contributed by atoms with Crippen LogP contribution in [-0.2, 0) is 0 Å². The van der Waals surface area contributed by atoms with E-state index in [4.69, 9.17) is 11.6 Å². The molecule has 2 N–H and O–H groups in total. The highest BCUT2D eigenvalue weighted by Crippen LogP contribution is 2.17. The van der Waals surface area contributed by atoms with Crippen molar-refractivity contribution in [2.24, 2.45) is 0 Å². The topological polar surface area (TPSA) is 71.1 Å². The van der Waals surface area contributed by atoms with Gasteiger partial charge in [-0.15, -0.1) is 11.3 Å². The lowest BCUT2D eigenvalue weighted by atomic mass is 10.2. The summed E-state index contributed by atoms with van der Waals surface area (Å²) in [4.78, 5) is 27.9. The van der Waals surface area contributed by atoms with Gasteiger partial charge in [0.2, 0.25) is 0 Å². The minimum Gasteiger partial charge on any atom is -0.349 e. The Morgan fingerprint density at radius 2 is 1.86 bits per heavy atom. The monoisotopic (exact) mass is 323 g/mol. The van der Waals surface area contributed by atoms with Crippen molar-refractivity contribution in [1.29, 1.82) is 0 Å². The van der Waals surface area contributed by atoms with Crippen LogP contribution in [0.3, 0.4) is 0 Å². The first-order valence-corrected chi connectivity index (χ1v) is 7.55. The Labute approximate surface area is 131 Å². The summed E-state index contributed by atoms with van der Waals surface area (Å²) in [5.74, 6) is -0.551. The maximum Gasteiger partial charge on any atom is 0.271 e. The van der Waals surface area contributed by atoms with Crippen LogP contribution in [0.5, 0.6) is 0 Å². The molecule has 0 spiro atoms. The molecule has 5 nitrogen and oxygen atoms in total. The van der Waals surface area contributed by atoms with Crippen molar-refractivity contribution in [1.82, 2.24) is 10.3 Å². The van der Waals surface area contributed by atoms with Crippen LogP contribution in [0.25, 0.3) is 0 Å². The number of nitrogens with one attached hydrogen (secondary N) is 2. The first-order chi connectivity index (χ1) is 9.95. The average Bonchev–Trinajstić information content (AvgIpc) is 2.87. The molecule has 2 amide bonds. The number of anilines is 1. The Bertz CT molecular complexity index is 652. The third kappa shape index (κ3) is 4.27. The fraction of sp³-hybridized carbons (Fsp3) is 0.214. The van der Waals surface area contributed by atoms with Crippen molar-refractivity contribution in [2.75, 3.05) is 5.32 Å². The van der Waals surface area contributed by atoms with Crippen LogP contribution < -0.4 is 10.6 Å². The van der Waals surface area contributed by atoms with Crippen LogP contribution in [0.4, 0.5) is 5.13 Å². The van der Waals surface area contributed by atoms with E-state index >= 15 is 0 Å². The molecule has 7 heteroatoms. The molecule has 1 aromatic heterocycles. The summed E-state index contributed by atoms with van der Waals surface area (Å²) in [7, 11) is 0. The minimum atomic E-state index is -0.295.